The summed E-state index contributed by atoms with van der Waals surface area (Å²) in [5.74, 6) is 3.09. The fraction of sp³-hybridized carbons (Fsp3) is 0.200. The summed E-state index contributed by atoms with van der Waals surface area (Å²) in [5, 5.41) is 30.6. The van der Waals surface area contributed by atoms with Crippen LogP contribution in [0, 0.1) is 5.92 Å². The van der Waals surface area contributed by atoms with Crippen LogP contribution in [0.3, 0.4) is 0 Å². The van der Waals surface area contributed by atoms with Gasteiger partial charge >= 0.3 is 0 Å². The van der Waals surface area contributed by atoms with E-state index in [2.05, 4.69) is 66.8 Å². The molecule has 0 spiro atoms. The molecule has 2 aliphatic heterocycles. The van der Waals surface area contributed by atoms with Crippen LogP contribution in [0.25, 0.3) is 11.1 Å². The van der Waals surface area contributed by atoms with Crippen LogP contribution in [0.5, 0.6) is 23.0 Å². The number of phenolic OH excluding ortho intramolecular Hbond substituents is 2. The maximum absolute atomic E-state index is 10.3. The topological polar surface area (TPSA) is 88.4 Å². The summed E-state index contributed by atoms with van der Waals surface area (Å²) >= 11 is 0. The first-order valence-electron chi connectivity index (χ1n) is 15.8. The Kier molecular flexibility index (Phi) is 6.95. The Bertz CT molecular complexity index is 1880. The van der Waals surface area contributed by atoms with Crippen LogP contribution in [0.2, 0.25) is 0 Å². The zero-order valence-corrected chi connectivity index (χ0v) is 25.3. The van der Waals surface area contributed by atoms with E-state index in [1.807, 2.05) is 31.2 Å². The Morgan fingerprint density at radius 2 is 1.41 bits per heavy atom. The number of fused-ring (bicyclic) bond motifs is 4. The summed E-state index contributed by atoms with van der Waals surface area (Å²) in [6.45, 7) is 2.57. The van der Waals surface area contributed by atoms with Crippen LogP contribution in [0.15, 0.2) is 132 Å². The van der Waals surface area contributed by atoms with Crippen molar-refractivity contribution in [1.82, 2.24) is 0 Å². The Morgan fingerprint density at radius 1 is 0.783 bits per heavy atom. The molecule has 4 aromatic rings. The third-order valence-electron chi connectivity index (χ3n) is 9.38. The van der Waals surface area contributed by atoms with Crippen molar-refractivity contribution in [2.24, 2.45) is 5.92 Å². The van der Waals surface area contributed by atoms with Crippen LogP contribution >= 0.6 is 0 Å². The molecule has 2 aliphatic carbocycles. The van der Waals surface area contributed by atoms with Gasteiger partial charge in [-0.2, -0.15) is 0 Å². The molecule has 4 unspecified atom stereocenters. The molecule has 0 amide bonds. The largest absolute Gasteiger partial charge is 0.508 e. The molecule has 2 heterocycles. The van der Waals surface area contributed by atoms with E-state index < -0.39 is 6.10 Å². The van der Waals surface area contributed by atoms with Crippen LogP contribution in [-0.4, -0.2) is 34.1 Å². The molecule has 6 nitrogen and oxygen atoms in total. The van der Waals surface area contributed by atoms with Crippen molar-refractivity contribution in [3.05, 3.63) is 155 Å². The fourth-order valence-corrected chi connectivity index (χ4v) is 7.25. The molecule has 4 atom stereocenters. The standard InChI is InChI=1S/C40H34O6/c1-2-44-30-14-18-34-38(22-30)46-37-21-29(43)13-17-33(37)40(34)26-9-5-24(6-10-26)23-3-7-25(8-4-23)39-31-15-11-27(41)19-35(31)45-36-20-28(42)12-16-32(36)39/h3-12,14-22,29,34,38-43H,2,13H2,1H3. The zero-order chi connectivity index (χ0) is 31.4. The second kappa shape index (κ2) is 11.3. The maximum atomic E-state index is 10.3. The average Bonchev–Trinajstić information content (AvgIpc) is 3.06. The number of aromatic hydroxyl groups is 2. The minimum absolute atomic E-state index is 0.0946. The van der Waals surface area contributed by atoms with E-state index in [-0.39, 0.29) is 35.4 Å². The average molecular weight is 611 g/mol. The molecule has 1 saturated heterocycles. The van der Waals surface area contributed by atoms with E-state index in [0.29, 0.717) is 24.5 Å². The summed E-state index contributed by atoms with van der Waals surface area (Å²) in [7, 11) is 0. The molecule has 4 aromatic carbocycles. The van der Waals surface area contributed by atoms with E-state index in [1.54, 1.807) is 24.3 Å². The summed E-state index contributed by atoms with van der Waals surface area (Å²) in [6, 6.07) is 27.7. The number of ether oxygens (including phenoxy) is 3. The van der Waals surface area contributed by atoms with Crippen LogP contribution in [0.1, 0.15) is 47.4 Å². The van der Waals surface area contributed by atoms with Gasteiger partial charge in [0, 0.05) is 41.0 Å². The molecular weight excluding hydrogens is 576 g/mol. The highest BCUT2D eigenvalue weighted by molar-refractivity contribution is 5.67. The molecule has 230 valence electrons. The van der Waals surface area contributed by atoms with E-state index in [0.717, 1.165) is 44.9 Å². The Balaban J connectivity index is 1.10. The molecular formula is C40H34O6. The summed E-state index contributed by atoms with van der Waals surface area (Å²) < 4.78 is 18.2. The number of phenols is 2. The SMILES string of the molecule is CCOC1=CC2OC3=CC(O)CC=C3C(c3ccc(-c4ccc(C5c6ccc(O)cc6Oc6cc(O)ccc65)cc4)cc3)C2C=C1. The molecule has 0 aromatic heterocycles. The number of aliphatic hydroxyl groups excluding tert-OH is 1. The lowest BCUT2D eigenvalue weighted by atomic mass is 9.72. The smallest absolute Gasteiger partial charge is 0.135 e. The van der Waals surface area contributed by atoms with Crippen molar-refractivity contribution in [3.63, 3.8) is 0 Å². The van der Waals surface area contributed by atoms with E-state index in [4.69, 9.17) is 14.2 Å². The van der Waals surface area contributed by atoms with Crippen molar-refractivity contribution in [2.45, 2.75) is 37.4 Å². The Morgan fingerprint density at radius 3 is 2.04 bits per heavy atom. The molecule has 1 fully saturated rings. The van der Waals surface area contributed by atoms with Crippen LogP contribution < -0.4 is 4.74 Å². The predicted molar refractivity (Wildman–Crippen MR) is 176 cm³/mol. The number of hydrogen-bond acceptors (Lipinski definition) is 6. The number of hydrogen-bond donors (Lipinski definition) is 3. The molecule has 4 aliphatic rings. The highest BCUT2D eigenvalue weighted by Gasteiger charge is 2.41. The monoisotopic (exact) mass is 610 g/mol. The predicted octanol–water partition coefficient (Wildman–Crippen LogP) is 8.21. The molecule has 8 rings (SSSR count). The van der Waals surface area contributed by atoms with Gasteiger partial charge in [-0.15, -0.1) is 0 Å². The normalized spacial score (nSPS) is 22.9. The number of aliphatic hydroxyl groups is 1. The van der Waals surface area contributed by atoms with Gasteiger partial charge in [0.1, 0.15) is 40.6 Å². The fourth-order valence-electron chi connectivity index (χ4n) is 7.25. The lowest BCUT2D eigenvalue weighted by Crippen LogP contribution is -2.36. The van der Waals surface area contributed by atoms with Crippen molar-refractivity contribution >= 4 is 0 Å². The molecule has 6 heteroatoms. The van der Waals surface area contributed by atoms with E-state index >= 15 is 0 Å². The quantitative estimate of drug-likeness (QED) is 0.186. The summed E-state index contributed by atoms with van der Waals surface area (Å²) in [4.78, 5) is 0. The van der Waals surface area contributed by atoms with Gasteiger partial charge in [0.05, 0.1) is 12.7 Å². The molecule has 46 heavy (non-hydrogen) atoms. The van der Waals surface area contributed by atoms with Gasteiger partial charge in [-0.05, 0) is 71.5 Å². The van der Waals surface area contributed by atoms with Crippen LogP contribution in [-0.2, 0) is 9.47 Å². The van der Waals surface area contributed by atoms with E-state index in [1.165, 1.54) is 5.56 Å². The number of benzene rings is 4. The van der Waals surface area contributed by atoms with Gasteiger partial charge < -0.3 is 29.5 Å². The molecule has 0 bridgehead atoms. The Hall–Kier alpha value is -5.20. The highest BCUT2D eigenvalue weighted by atomic mass is 16.5. The third kappa shape index (κ3) is 4.95. The van der Waals surface area contributed by atoms with Crippen molar-refractivity contribution in [1.29, 1.82) is 0 Å². The first kappa shape index (κ1) is 28.3. The lowest BCUT2D eigenvalue weighted by molar-refractivity contribution is 0.0761. The second-order valence-corrected chi connectivity index (χ2v) is 12.2. The van der Waals surface area contributed by atoms with Crippen molar-refractivity contribution < 1.29 is 29.5 Å². The maximum Gasteiger partial charge on any atom is 0.135 e. The number of rotatable bonds is 5. The van der Waals surface area contributed by atoms with Gasteiger partial charge in [-0.3, -0.25) is 0 Å². The zero-order valence-electron chi connectivity index (χ0n) is 25.3. The number of allylic oxidation sites excluding steroid dienone is 2. The van der Waals surface area contributed by atoms with Gasteiger partial charge in [0.25, 0.3) is 0 Å². The molecule has 3 N–H and O–H groups in total. The first-order valence-corrected chi connectivity index (χ1v) is 15.8. The molecule has 0 saturated carbocycles. The lowest BCUT2D eigenvalue weighted by Gasteiger charge is -2.42. The van der Waals surface area contributed by atoms with Gasteiger partial charge in [-0.1, -0.05) is 72.8 Å². The minimum Gasteiger partial charge on any atom is -0.508 e. The van der Waals surface area contributed by atoms with Gasteiger partial charge in [0.15, 0.2) is 0 Å². The third-order valence-corrected chi connectivity index (χ3v) is 9.38. The van der Waals surface area contributed by atoms with Gasteiger partial charge in [0.2, 0.25) is 0 Å². The minimum atomic E-state index is -0.543. The van der Waals surface area contributed by atoms with Crippen LogP contribution in [0.4, 0.5) is 0 Å². The van der Waals surface area contributed by atoms with Gasteiger partial charge in [-0.25, -0.2) is 0 Å². The van der Waals surface area contributed by atoms with Crippen molar-refractivity contribution in [2.75, 3.05) is 6.61 Å². The first-order chi connectivity index (χ1) is 22.4. The van der Waals surface area contributed by atoms with E-state index in [9.17, 15) is 15.3 Å². The molecule has 0 radical (unpaired) electrons. The second-order valence-electron chi connectivity index (χ2n) is 12.2. The summed E-state index contributed by atoms with van der Waals surface area (Å²) in [6.07, 6.45) is 10.1. The Labute approximate surface area is 267 Å². The highest BCUT2D eigenvalue weighted by Crippen LogP contribution is 2.50. The summed E-state index contributed by atoms with van der Waals surface area (Å²) in [5.41, 5.74) is 7.55. The van der Waals surface area contributed by atoms with Crippen molar-refractivity contribution in [3.8, 4) is 34.1 Å².